The van der Waals surface area contributed by atoms with Crippen LogP contribution in [0.3, 0.4) is 0 Å². The van der Waals surface area contributed by atoms with Crippen molar-refractivity contribution in [3.05, 3.63) is 29.8 Å². The van der Waals surface area contributed by atoms with E-state index in [9.17, 15) is 19.2 Å². The first-order valence-corrected chi connectivity index (χ1v) is 11.7. The van der Waals surface area contributed by atoms with E-state index < -0.39 is 30.0 Å². The molecule has 3 N–H and O–H groups in total. The van der Waals surface area contributed by atoms with Crippen LogP contribution in [0, 0.1) is 5.92 Å². The van der Waals surface area contributed by atoms with Gasteiger partial charge in [0.2, 0.25) is 5.91 Å². The highest BCUT2D eigenvalue weighted by Gasteiger charge is 2.35. The number of hydrogen-bond acceptors (Lipinski definition) is 5. The Hall–Kier alpha value is -2.94. The van der Waals surface area contributed by atoms with E-state index in [4.69, 9.17) is 4.74 Å². The van der Waals surface area contributed by atoms with Gasteiger partial charge in [0.1, 0.15) is 18.7 Å². The fourth-order valence-electron chi connectivity index (χ4n) is 4.06. The monoisotopic (exact) mass is 458 g/mol. The Morgan fingerprint density at radius 2 is 1.76 bits per heavy atom. The third kappa shape index (κ3) is 6.77. The molecule has 0 aliphatic carbocycles. The topological polar surface area (TPSA) is 117 Å². The van der Waals surface area contributed by atoms with Crippen LogP contribution in [0.4, 0.5) is 10.5 Å². The number of Topliss-reactive ketones (excluding diaryl/α,β-unsaturated/α-hetero) is 1. The maximum Gasteiger partial charge on any atom is 0.321 e. The summed E-state index contributed by atoms with van der Waals surface area (Å²) in [5.41, 5.74) is 0.980. The van der Waals surface area contributed by atoms with E-state index in [1.807, 2.05) is 13.8 Å². The number of carbonyl (C=O) groups excluding carboxylic acids is 4. The average Bonchev–Trinajstić information content (AvgIpc) is 3.11. The maximum atomic E-state index is 12.8. The van der Waals surface area contributed by atoms with Crippen LogP contribution in [0.1, 0.15) is 56.8 Å². The molecule has 1 aromatic carbocycles. The number of benzene rings is 1. The number of ketones is 1. The zero-order chi connectivity index (χ0) is 24.0. The Morgan fingerprint density at radius 3 is 2.33 bits per heavy atom. The zero-order valence-corrected chi connectivity index (χ0v) is 19.6. The van der Waals surface area contributed by atoms with Gasteiger partial charge in [-0.15, -0.1) is 0 Å². The number of ether oxygens (including phenoxy) is 1. The maximum absolute atomic E-state index is 12.8. The third-order valence-electron chi connectivity index (χ3n) is 5.97. The van der Waals surface area contributed by atoms with Gasteiger partial charge in [0.25, 0.3) is 5.91 Å². The summed E-state index contributed by atoms with van der Waals surface area (Å²) in [7, 11) is 0. The molecule has 2 aliphatic heterocycles. The van der Waals surface area contributed by atoms with Crippen LogP contribution in [0.5, 0.6) is 0 Å². The summed E-state index contributed by atoms with van der Waals surface area (Å²) in [6.45, 7) is 7.13. The normalized spacial score (nSPS) is 21.6. The van der Waals surface area contributed by atoms with Crippen LogP contribution in [-0.2, 0) is 14.3 Å². The van der Waals surface area contributed by atoms with E-state index in [-0.39, 0.29) is 24.3 Å². The Balaban J connectivity index is 1.59. The molecule has 4 amide bonds. The lowest BCUT2D eigenvalue weighted by Crippen LogP contribution is -2.53. The summed E-state index contributed by atoms with van der Waals surface area (Å²) >= 11 is 0. The van der Waals surface area contributed by atoms with Crippen molar-refractivity contribution in [3.8, 4) is 0 Å². The molecule has 9 nitrogen and oxygen atoms in total. The number of amides is 4. The first kappa shape index (κ1) is 24.7. The summed E-state index contributed by atoms with van der Waals surface area (Å²) in [6, 6.07) is 4.95. The molecule has 0 bridgehead atoms. The fraction of sp³-hybridized carbons (Fsp3) is 0.583. The second-order valence-corrected chi connectivity index (χ2v) is 9.18. The molecule has 0 aromatic heterocycles. The molecule has 3 atom stereocenters. The van der Waals surface area contributed by atoms with E-state index in [2.05, 4.69) is 16.0 Å². The van der Waals surface area contributed by atoms with E-state index in [0.29, 0.717) is 17.7 Å². The standard InChI is InChI=1S/C24H34N4O5/c1-15(2)13-19(23(31)27-21-16(3)33-14-20(21)29)26-22(30)17-7-9-18(10-8-17)25-24(32)28-11-5-4-6-12-28/h7-10,15-16,19,21H,4-6,11-14H2,1-3H3,(H,25,32)(H,26,30)(H,27,31)/t16-,19+,21+/m1/s1. The van der Waals surface area contributed by atoms with Crippen molar-refractivity contribution < 1.29 is 23.9 Å². The van der Waals surface area contributed by atoms with Gasteiger partial charge in [-0.05, 0) is 62.8 Å². The first-order valence-electron chi connectivity index (χ1n) is 11.7. The molecule has 2 saturated heterocycles. The number of rotatable bonds is 7. The van der Waals surface area contributed by atoms with Crippen molar-refractivity contribution in [3.63, 3.8) is 0 Å². The van der Waals surface area contributed by atoms with Gasteiger partial charge in [0, 0.05) is 24.3 Å². The van der Waals surface area contributed by atoms with Crippen molar-refractivity contribution in [1.82, 2.24) is 15.5 Å². The minimum atomic E-state index is -0.781. The summed E-state index contributed by atoms with van der Waals surface area (Å²) in [5, 5.41) is 8.36. The van der Waals surface area contributed by atoms with E-state index in [1.54, 1.807) is 36.1 Å². The molecular formula is C24H34N4O5. The predicted octanol–water partition coefficient (Wildman–Crippen LogP) is 2.32. The summed E-state index contributed by atoms with van der Waals surface area (Å²) < 4.78 is 5.28. The molecule has 180 valence electrons. The average molecular weight is 459 g/mol. The van der Waals surface area contributed by atoms with Crippen molar-refractivity contribution >= 4 is 29.3 Å². The van der Waals surface area contributed by atoms with E-state index in [1.165, 1.54) is 0 Å². The molecule has 0 radical (unpaired) electrons. The van der Waals surface area contributed by atoms with E-state index >= 15 is 0 Å². The van der Waals surface area contributed by atoms with Gasteiger partial charge in [-0.1, -0.05) is 13.8 Å². The van der Waals surface area contributed by atoms with Gasteiger partial charge in [-0.25, -0.2) is 4.79 Å². The lowest BCUT2D eigenvalue weighted by atomic mass is 10.0. The number of anilines is 1. The Bertz CT molecular complexity index is 864. The third-order valence-corrected chi connectivity index (χ3v) is 5.97. The van der Waals surface area contributed by atoms with Crippen molar-refractivity contribution in [1.29, 1.82) is 0 Å². The molecule has 2 heterocycles. The number of hydrogen-bond donors (Lipinski definition) is 3. The highest BCUT2D eigenvalue weighted by molar-refractivity contribution is 5.99. The molecule has 3 rings (SSSR count). The molecule has 0 spiro atoms. The second-order valence-electron chi connectivity index (χ2n) is 9.18. The Morgan fingerprint density at radius 1 is 1.09 bits per heavy atom. The van der Waals surface area contributed by atoms with Crippen molar-refractivity contribution in [2.45, 2.75) is 64.6 Å². The fourth-order valence-corrected chi connectivity index (χ4v) is 4.06. The molecule has 9 heteroatoms. The SMILES string of the molecule is CC(C)C[C@H](NC(=O)c1ccc(NC(=O)N2CCCCC2)cc1)C(=O)N[C@@H]1C(=O)CO[C@@H]1C. The largest absolute Gasteiger partial charge is 0.368 e. The van der Waals surface area contributed by atoms with Crippen molar-refractivity contribution in [2.75, 3.05) is 25.0 Å². The number of likely N-dealkylation sites (tertiary alicyclic amines) is 1. The molecule has 0 saturated carbocycles. The van der Waals surface area contributed by atoms with Crippen LogP contribution in [0.2, 0.25) is 0 Å². The number of carbonyl (C=O) groups is 4. The van der Waals surface area contributed by atoms with Crippen LogP contribution in [-0.4, -0.2) is 66.4 Å². The van der Waals surface area contributed by atoms with Gasteiger partial charge in [-0.2, -0.15) is 0 Å². The molecule has 2 fully saturated rings. The first-order chi connectivity index (χ1) is 15.7. The van der Waals surface area contributed by atoms with Crippen LogP contribution < -0.4 is 16.0 Å². The van der Waals surface area contributed by atoms with Crippen molar-refractivity contribution in [2.24, 2.45) is 5.92 Å². The predicted molar refractivity (Wildman–Crippen MR) is 124 cm³/mol. The Kier molecular flexibility index (Phi) is 8.43. The van der Waals surface area contributed by atoms with Crippen LogP contribution in [0.25, 0.3) is 0 Å². The number of nitrogens with one attached hydrogen (secondary N) is 3. The molecule has 33 heavy (non-hydrogen) atoms. The molecule has 0 unspecified atom stereocenters. The highest BCUT2D eigenvalue weighted by Crippen LogP contribution is 2.15. The second kappa shape index (κ2) is 11.3. The van der Waals surface area contributed by atoms with Crippen LogP contribution in [0.15, 0.2) is 24.3 Å². The van der Waals surface area contributed by atoms with Gasteiger partial charge < -0.3 is 25.6 Å². The summed E-state index contributed by atoms with van der Waals surface area (Å²) in [4.78, 5) is 51.7. The van der Waals surface area contributed by atoms with Gasteiger partial charge >= 0.3 is 6.03 Å². The minimum Gasteiger partial charge on any atom is -0.368 e. The van der Waals surface area contributed by atoms with Gasteiger partial charge in [0.15, 0.2) is 5.78 Å². The summed E-state index contributed by atoms with van der Waals surface area (Å²) in [5.74, 6) is -0.820. The van der Waals surface area contributed by atoms with Crippen LogP contribution >= 0.6 is 0 Å². The number of nitrogens with zero attached hydrogens (tertiary/aromatic N) is 1. The van der Waals surface area contributed by atoms with Gasteiger partial charge in [-0.3, -0.25) is 14.4 Å². The zero-order valence-electron chi connectivity index (χ0n) is 19.6. The molecular weight excluding hydrogens is 424 g/mol. The van der Waals surface area contributed by atoms with Gasteiger partial charge in [0.05, 0.1) is 6.10 Å². The lowest BCUT2D eigenvalue weighted by molar-refractivity contribution is -0.127. The minimum absolute atomic E-state index is 0.0199. The highest BCUT2D eigenvalue weighted by atomic mass is 16.5. The lowest BCUT2D eigenvalue weighted by Gasteiger charge is -2.26. The molecule has 1 aromatic rings. The molecule has 2 aliphatic rings. The quantitative estimate of drug-likeness (QED) is 0.580. The Labute approximate surface area is 194 Å². The number of urea groups is 1. The summed E-state index contributed by atoms with van der Waals surface area (Å²) in [6.07, 6.45) is 3.20. The smallest absolute Gasteiger partial charge is 0.321 e. The van der Waals surface area contributed by atoms with E-state index in [0.717, 1.165) is 32.4 Å². The number of piperidine rings is 1.